The predicted molar refractivity (Wildman–Crippen MR) is 88.4 cm³/mol. The number of nitrogens with one attached hydrogen (secondary N) is 1. The molecule has 3 heteroatoms. The summed E-state index contributed by atoms with van der Waals surface area (Å²) in [7, 11) is 0. The first kappa shape index (κ1) is 14.6. The van der Waals surface area contributed by atoms with Crippen molar-refractivity contribution in [3.63, 3.8) is 0 Å². The van der Waals surface area contributed by atoms with Gasteiger partial charge < -0.3 is 4.74 Å². The summed E-state index contributed by atoms with van der Waals surface area (Å²) in [5, 5.41) is 2.76. The van der Waals surface area contributed by atoms with Gasteiger partial charge in [0, 0.05) is 5.69 Å². The summed E-state index contributed by atoms with van der Waals surface area (Å²) in [6.07, 6.45) is 5.76. The van der Waals surface area contributed by atoms with Crippen LogP contribution in [0.25, 0.3) is 0 Å². The third kappa shape index (κ3) is 3.67. The Morgan fingerprint density at radius 3 is 2.36 bits per heavy atom. The van der Waals surface area contributed by atoms with Crippen LogP contribution >= 0.6 is 0 Å². The van der Waals surface area contributed by atoms with E-state index in [4.69, 9.17) is 4.74 Å². The topological polar surface area (TPSA) is 38.3 Å². The van der Waals surface area contributed by atoms with Crippen LogP contribution in [0.4, 0.5) is 10.5 Å². The van der Waals surface area contributed by atoms with E-state index in [1.807, 2.05) is 48.5 Å². The average molecular weight is 295 g/mol. The number of rotatable bonds is 3. The van der Waals surface area contributed by atoms with Gasteiger partial charge in [-0.1, -0.05) is 55.7 Å². The first-order valence-corrected chi connectivity index (χ1v) is 7.96. The molecule has 1 N–H and O–H groups in total. The minimum absolute atomic E-state index is 0.436. The van der Waals surface area contributed by atoms with Crippen LogP contribution in [0, 0.1) is 0 Å². The number of anilines is 1. The molecule has 1 aliphatic carbocycles. The van der Waals surface area contributed by atoms with E-state index in [0.29, 0.717) is 11.7 Å². The standard InChI is InChI=1S/C19H21NO2/c21-19(20-16-11-5-2-6-12-16)22-18-14-8-7-13-17(18)15-9-3-1-4-10-15/h2,5-8,11-15H,1,3-4,9-10H2,(H,20,21). The Bertz CT molecular complexity index is 618. The zero-order valence-corrected chi connectivity index (χ0v) is 12.6. The van der Waals surface area contributed by atoms with E-state index >= 15 is 0 Å². The largest absolute Gasteiger partial charge is 0.417 e. The summed E-state index contributed by atoms with van der Waals surface area (Å²) in [4.78, 5) is 12.1. The lowest BCUT2D eigenvalue weighted by molar-refractivity contribution is 0.214. The fraction of sp³-hybridized carbons (Fsp3) is 0.316. The number of carbonyl (C=O) groups is 1. The monoisotopic (exact) mass is 295 g/mol. The van der Waals surface area contributed by atoms with Crippen LogP contribution in [0.15, 0.2) is 54.6 Å². The van der Waals surface area contributed by atoms with E-state index in [2.05, 4.69) is 11.4 Å². The van der Waals surface area contributed by atoms with Gasteiger partial charge in [-0.25, -0.2) is 4.79 Å². The molecular weight excluding hydrogens is 274 g/mol. The fourth-order valence-electron chi connectivity index (χ4n) is 3.09. The van der Waals surface area contributed by atoms with Crippen molar-refractivity contribution in [2.75, 3.05) is 5.32 Å². The van der Waals surface area contributed by atoms with Gasteiger partial charge in [-0.2, -0.15) is 0 Å². The molecule has 3 rings (SSSR count). The highest BCUT2D eigenvalue weighted by Crippen LogP contribution is 2.37. The molecule has 2 aromatic rings. The summed E-state index contributed by atoms with van der Waals surface area (Å²) >= 11 is 0. The Balaban J connectivity index is 1.70. The molecule has 0 unspecified atom stereocenters. The summed E-state index contributed by atoms with van der Waals surface area (Å²) in [5.41, 5.74) is 1.90. The van der Waals surface area contributed by atoms with Gasteiger partial charge in [0.25, 0.3) is 0 Å². The maximum atomic E-state index is 12.1. The van der Waals surface area contributed by atoms with Crippen molar-refractivity contribution in [3.05, 3.63) is 60.2 Å². The van der Waals surface area contributed by atoms with Crippen LogP contribution in [0.1, 0.15) is 43.6 Å². The van der Waals surface area contributed by atoms with Crippen molar-refractivity contribution < 1.29 is 9.53 Å². The molecule has 3 nitrogen and oxygen atoms in total. The Kier molecular flexibility index (Phi) is 4.74. The second kappa shape index (κ2) is 7.12. The second-order valence-electron chi connectivity index (χ2n) is 5.75. The van der Waals surface area contributed by atoms with Gasteiger partial charge >= 0.3 is 6.09 Å². The quantitative estimate of drug-likeness (QED) is 0.829. The highest BCUT2D eigenvalue weighted by Gasteiger charge is 2.20. The molecule has 114 valence electrons. The van der Waals surface area contributed by atoms with Gasteiger partial charge in [0.15, 0.2) is 0 Å². The van der Waals surface area contributed by atoms with E-state index in [1.165, 1.54) is 32.1 Å². The average Bonchev–Trinajstić information content (AvgIpc) is 2.57. The maximum Gasteiger partial charge on any atom is 0.417 e. The van der Waals surface area contributed by atoms with Crippen molar-refractivity contribution in [2.24, 2.45) is 0 Å². The van der Waals surface area contributed by atoms with Crippen molar-refractivity contribution in [2.45, 2.75) is 38.0 Å². The molecule has 0 bridgehead atoms. The molecule has 0 aliphatic heterocycles. The molecule has 22 heavy (non-hydrogen) atoms. The zero-order valence-electron chi connectivity index (χ0n) is 12.6. The fourth-order valence-corrected chi connectivity index (χ4v) is 3.09. The van der Waals surface area contributed by atoms with Crippen LogP contribution in [-0.2, 0) is 0 Å². The lowest BCUT2D eigenvalue weighted by Gasteiger charge is -2.23. The third-order valence-corrected chi connectivity index (χ3v) is 4.19. The first-order valence-electron chi connectivity index (χ1n) is 7.96. The molecule has 0 atom stereocenters. The zero-order chi connectivity index (χ0) is 15.2. The molecule has 1 aliphatic rings. The highest BCUT2D eigenvalue weighted by molar-refractivity contribution is 5.86. The minimum atomic E-state index is -0.436. The summed E-state index contributed by atoms with van der Waals surface area (Å²) in [6.45, 7) is 0. The smallest absolute Gasteiger partial charge is 0.410 e. The molecule has 0 spiro atoms. The number of benzene rings is 2. The van der Waals surface area contributed by atoms with Gasteiger partial charge in [0.1, 0.15) is 5.75 Å². The van der Waals surface area contributed by atoms with Crippen LogP contribution in [-0.4, -0.2) is 6.09 Å². The molecule has 0 radical (unpaired) electrons. The number of amides is 1. The lowest BCUT2D eigenvalue weighted by atomic mass is 9.84. The first-order chi connectivity index (χ1) is 10.8. The Morgan fingerprint density at radius 2 is 1.59 bits per heavy atom. The van der Waals surface area contributed by atoms with Crippen molar-refractivity contribution in [3.8, 4) is 5.75 Å². The third-order valence-electron chi connectivity index (χ3n) is 4.19. The van der Waals surface area contributed by atoms with Gasteiger partial charge in [0.05, 0.1) is 0 Å². The number of hydrogen-bond donors (Lipinski definition) is 1. The normalized spacial score (nSPS) is 15.3. The van der Waals surface area contributed by atoms with E-state index in [1.54, 1.807) is 0 Å². The van der Waals surface area contributed by atoms with E-state index in [9.17, 15) is 4.79 Å². The van der Waals surface area contributed by atoms with E-state index in [0.717, 1.165) is 11.3 Å². The van der Waals surface area contributed by atoms with Crippen molar-refractivity contribution in [1.29, 1.82) is 0 Å². The van der Waals surface area contributed by atoms with Crippen LogP contribution < -0.4 is 10.1 Å². The SMILES string of the molecule is O=C(Nc1ccccc1)Oc1ccccc1C1CCCCC1. The summed E-state index contributed by atoms with van der Waals surface area (Å²) in [5.74, 6) is 1.19. The Morgan fingerprint density at radius 1 is 0.909 bits per heavy atom. The number of para-hydroxylation sites is 2. The van der Waals surface area contributed by atoms with Gasteiger partial charge in [-0.05, 0) is 42.5 Å². The minimum Gasteiger partial charge on any atom is -0.410 e. The van der Waals surface area contributed by atoms with E-state index in [-0.39, 0.29) is 0 Å². The van der Waals surface area contributed by atoms with E-state index < -0.39 is 6.09 Å². The lowest BCUT2D eigenvalue weighted by Crippen LogP contribution is -2.18. The molecule has 1 saturated carbocycles. The molecule has 0 heterocycles. The predicted octanol–water partition coefficient (Wildman–Crippen LogP) is 5.35. The number of carbonyl (C=O) groups excluding carboxylic acids is 1. The van der Waals surface area contributed by atoms with Gasteiger partial charge in [-0.15, -0.1) is 0 Å². The number of ether oxygens (including phenoxy) is 1. The molecule has 1 amide bonds. The molecule has 2 aromatic carbocycles. The maximum absolute atomic E-state index is 12.1. The van der Waals surface area contributed by atoms with Crippen LogP contribution in [0.3, 0.4) is 0 Å². The highest BCUT2D eigenvalue weighted by atomic mass is 16.6. The molecule has 0 saturated heterocycles. The summed E-state index contributed by atoms with van der Waals surface area (Å²) in [6, 6.07) is 17.3. The van der Waals surface area contributed by atoms with Gasteiger partial charge in [0.2, 0.25) is 0 Å². The van der Waals surface area contributed by atoms with Crippen molar-refractivity contribution in [1.82, 2.24) is 0 Å². The van der Waals surface area contributed by atoms with Crippen LogP contribution in [0.5, 0.6) is 5.75 Å². The summed E-state index contributed by atoms with van der Waals surface area (Å²) < 4.78 is 5.55. The molecule has 0 aromatic heterocycles. The second-order valence-corrected chi connectivity index (χ2v) is 5.75. The Hall–Kier alpha value is -2.29. The Labute approximate surface area is 131 Å². The number of hydrogen-bond acceptors (Lipinski definition) is 2. The van der Waals surface area contributed by atoms with Crippen molar-refractivity contribution >= 4 is 11.8 Å². The van der Waals surface area contributed by atoms with Gasteiger partial charge in [-0.3, -0.25) is 5.32 Å². The molecular formula is C19H21NO2. The van der Waals surface area contributed by atoms with Crippen LogP contribution in [0.2, 0.25) is 0 Å². The molecule has 1 fully saturated rings.